The van der Waals surface area contributed by atoms with Crippen molar-refractivity contribution in [1.82, 2.24) is 4.98 Å². The highest BCUT2D eigenvalue weighted by Gasteiger charge is 2.22. The number of carbonyl (C=O) groups is 1. The van der Waals surface area contributed by atoms with Gasteiger partial charge in [0.25, 0.3) is 0 Å². The lowest BCUT2D eigenvalue weighted by Gasteiger charge is -2.08. The Hall–Kier alpha value is -1.25. The average molecular weight is 209 g/mol. The minimum atomic E-state index is -0.755. The zero-order chi connectivity index (χ0) is 11.6. The Kier molecular flexibility index (Phi) is 3.56. The van der Waals surface area contributed by atoms with E-state index in [0.29, 0.717) is 0 Å². The predicted molar refractivity (Wildman–Crippen MR) is 60.3 cm³/mol. The molecule has 3 heteroatoms. The Balaban J connectivity index is 3.25. The highest BCUT2D eigenvalue weighted by atomic mass is 16.4. The number of H-pyrrole nitrogens is 1. The van der Waals surface area contributed by atoms with Crippen LogP contribution in [0.5, 0.6) is 0 Å². The third-order valence-electron chi connectivity index (χ3n) is 2.99. The quantitative estimate of drug-likeness (QED) is 0.801. The molecule has 0 saturated carbocycles. The average Bonchev–Trinajstić information content (AvgIpc) is 2.53. The van der Waals surface area contributed by atoms with Gasteiger partial charge in [0.05, 0.1) is 5.92 Å². The summed E-state index contributed by atoms with van der Waals surface area (Å²) in [7, 11) is 0. The van der Waals surface area contributed by atoms with Gasteiger partial charge in [0, 0.05) is 11.4 Å². The van der Waals surface area contributed by atoms with Gasteiger partial charge < -0.3 is 10.1 Å². The van der Waals surface area contributed by atoms with Gasteiger partial charge in [-0.05, 0) is 37.8 Å². The predicted octanol–water partition coefficient (Wildman–Crippen LogP) is 2.64. The Labute approximate surface area is 90.5 Å². The van der Waals surface area contributed by atoms with Crippen molar-refractivity contribution in [3.05, 3.63) is 22.5 Å². The molecule has 84 valence electrons. The van der Waals surface area contributed by atoms with Crippen LogP contribution in [0.2, 0.25) is 0 Å². The van der Waals surface area contributed by atoms with Gasteiger partial charge in [-0.3, -0.25) is 4.79 Å². The summed E-state index contributed by atoms with van der Waals surface area (Å²) in [5.41, 5.74) is 4.32. The maximum absolute atomic E-state index is 11.0. The summed E-state index contributed by atoms with van der Waals surface area (Å²) in [6.07, 6.45) is 1.78. The largest absolute Gasteiger partial charge is 0.481 e. The molecule has 1 heterocycles. The van der Waals surface area contributed by atoms with Crippen molar-refractivity contribution in [1.29, 1.82) is 0 Å². The first-order valence-corrected chi connectivity index (χ1v) is 5.45. The van der Waals surface area contributed by atoms with Gasteiger partial charge >= 0.3 is 5.97 Å². The number of aryl methyl sites for hydroxylation is 2. The summed E-state index contributed by atoms with van der Waals surface area (Å²) >= 11 is 0. The van der Waals surface area contributed by atoms with E-state index in [4.69, 9.17) is 5.11 Å². The van der Waals surface area contributed by atoms with E-state index >= 15 is 0 Å². The molecule has 0 spiro atoms. The number of carboxylic acid groups (broad SMARTS) is 1. The fraction of sp³-hybridized carbons (Fsp3) is 0.583. The highest BCUT2D eigenvalue weighted by Crippen LogP contribution is 2.27. The van der Waals surface area contributed by atoms with E-state index in [2.05, 4.69) is 11.9 Å². The van der Waals surface area contributed by atoms with Crippen LogP contribution in [0, 0.1) is 6.92 Å². The van der Waals surface area contributed by atoms with Crippen molar-refractivity contribution >= 4 is 5.97 Å². The molecular weight excluding hydrogens is 190 g/mol. The van der Waals surface area contributed by atoms with Crippen LogP contribution in [0.25, 0.3) is 0 Å². The molecule has 2 N–H and O–H groups in total. The summed E-state index contributed by atoms with van der Waals surface area (Å²) in [6, 6.07) is 0. The molecular formula is C12H19NO2. The minimum absolute atomic E-state index is 0.420. The molecule has 1 rings (SSSR count). The van der Waals surface area contributed by atoms with E-state index in [1.54, 1.807) is 6.92 Å². The van der Waals surface area contributed by atoms with Crippen LogP contribution in [0.15, 0.2) is 0 Å². The monoisotopic (exact) mass is 209 g/mol. The molecule has 1 aromatic heterocycles. The summed E-state index contributed by atoms with van der Waals surface area (Å²) in [4.78, 5) is 14.3. The van der Waals surface area contributed by atoms with E-state index in [9.17, 15) is 4.79 Å². The molecule has 1 atom stereocenters. The number of aromatic nitrogens is 1. The van der Waals surface area contributed by atoms with Crippen LogP contribution in [-0.2, 0) is 17.6 Å². The van der Waals surface area contributed by atoms with Gasteiger partial charge in [-0.1, -0.05) is 13.8 Å². The zero-order valence-electron chi connectivity index (χ0n) is 9.85. The van der Waals surface area contributed by atoms with Crippen LogP contribution < -0.4 is 0 Å². The number of hydrogen-bond acceptors (Lipinski definition) is 1. The number of carboxylic acids is 1. The second-order valence-corrected chi connectivity index (χ2v) is 3.89. The Bertz CT molecular complexity index is 366. The molecule has 0 aromatic carbocycles. The molecule has 0 amide bonds. The molecule has 15 heavy (non-hydrogen) atoms. The van der Waals surface area contributed by atoms with Crippen molar-refractivity contribution in [2.45, 2.75) is 46.5 Å². The molecule has 0 aliphatic rings. The van der Waals surface area contributed by atoms with E-state index < -0.39 is 11.9 Å². The third kappa shape index (κ3) is 2.06. The van der Waals surface area contributed by atoms with Gasteiger partial charge in [0.2, 0.25) is 0 Å². The van der Waals surface area contributed by atoms with Gasteiger partial charge in [-0.15, -0.1) is 0 Å². The number of hydrogen-bond donors (Lipinski definition) is 2. The number of rotatable bonds is 4. The SMILES string of the molecule is CCc1[nH]c(CC)c(C(C)C(=O)O)c1C. The lowest BCUT2D eigenvalue weighted by atomic mass is 9.95. The van der Waals surface area contributed by atoms with Crippen molar-refractivity contribution in [3.8, 4) is 0 Å². The first-order valence-electron chi connectivity index (χ1n) is 5.45. The molecule has 0 aliphatic heterocycles. The molecule has 3 nitrogen and oxygen atoms in total. The maximum Gasteiger partial charge on any atom is 0.310 e. The van der Waals surface area contributed by atoms with Crippen LogP contribution in [0.3, 0.4) is 0 Å². The van der Waals surface area contributed by atoms with Crippen molar-refractivity contribution in [2.75, 3.05) is 0 Å². The summed E-state index contributed by atoms with van der Waals surface area (Å²) in [6.45, 7) is 7.87. The maximum atomic E-state index is 11.0. The molecule has 0 radical (unpaired) electrons. The molecule has 0 aliphatic carbocycles. The van der Waals surface area contributed by atoms with Gasteiger partial charge in [0.1, 0.15) is 0 Å². The van der Waals surface area contributed by atoms with Crippen LogP contribution in [-0.4, -0.2) is 16.1 Å². The van der Waals surface area contributed by atoms with Crippen LogP contribution in [0.1, 0.15) is 49.2 Å². The van der Waals surface area contributed by atoms with Gasteiger partial charge in [0.15, 0.2) is 0 Å². The molecule has 0 saturated heterocycles. The third-order valence-corrected chi connectivity index (χ3v) is 2.99. The first-order chi connectivity index (χ1) is 7.02. The van der Waals surface area contributed by atoms with E-state index in [1.807, 2.05) is 13.8 Å². The molecule has 1 aromatic rings. The fourth-order valence-electron chi connectivity index (χ4n) is 2.07. The summed E-state index contributed by atoms with van der Waals surface area (Å²) in [5, 5.41) is 9.05. The molecule has 0 fully saturated rings. The number of aromatic amines is 1. The normalized spacial score (nSPS) is 12.8. The topological polar surface area (TPSA) is 53.1 Å². The van der Waals surface area contributed by atoms with E-state index in [0.717, 1.165) is 35.4 Å². The second-order valence-electron chi connectivity index (χ2n) is 3.89. The first kappa shape index (κ1) is 11.8. The number of aliphatic carboxylic acids is 1. The zero-order valence-corrected chi connectivity index (χ0v) is 9.85. The van der Waals surface area contributed by atoms with Gasteiger partial charge in [-0.2, -0.15) is 0 Å². The minimum Gasteiger partial charge on any atom is -0.481 e. The van der Waals surface area contributed by atoms with Crippen LogP contribution in [0.4, 0.5) is 0 Å². The van der Waals surface area contributed by atoms with E-state index in [1.165, 1.54) is 0 Å². The van der Waals surface area contributed by atoms with Gasteiger partial charge in [-0.25, -0.2) is 0 Å². The van der Waals surface area contributed by atoms with Crippen LogP contribution >= 0.6 is 0 Å². The summed E-state index contributed by atoms with van der Waals surface area (Å²) in [5.74, 6) is -1.18. The highest BCUT2D eigenvalue weighted by molar-refractivity contribution is 5.76. The van der Waals surface area contributed by atoms with E-state index in [-0.39, 0.29) is 0 Å². The standard InChI is InChI=1S/C12H19NO2/c1-5-9-7(3)11(8(4)12(14)15)10(6-2)13-9/h8,13H,5-6H2,1-4H3,(H,14,15). The fourth-order valence-corrected chi connectivity index (χ4v) is 2.07. The lowest BCUT2D eigenvalue weighted by Crippen LogP contribution is -2.09. The second kappa shape index (κ2) is 4.51. The molecule has 1 unspecified atom stereocenters. The summed E-state index contributed by atoms with van der Waals surface area (Å²) < 4.78 is 0. The molecule has 0 bridgehead atoms. The number of nitrogens with one attached hydrogen (secondary N) is 1. The Morgan fingerprint density at radius 1 is 1.33 bits per heavy atom. The van der Waals surface area contributed by atoms with Crippen molar-refractivity contribution < 1.29 is 9.90 Å². The Morgan fingerprint density at radius 2 is 1.87 bits per heavy atom. The Morgan fingerprint density at radius 3 is 2.27 bits per heavy atom. The smallest absolute Gasteiger partial charge is 0.310 e. The van der Waals surface area contributed by atoms with Crippen molar-refractivity contribution in [3.63, 3.8) is 0 Å². The van der Waals surface area contributed by atoms with Crippen molar-refractivity contribution in [2.24, 2.45) is 0 Å². The lowest BCUT2D eigenvalue weighted by molar-refractivity contribution is -0.138.